The molecule has 0 aliphatic carbocycles. The fourth-order valence-electron chi connectivity index (χ4n) is 4.26. The highest BCUT2D eigenvalue weighted by Gasteiger charge is 2.28. The molecule has 160 valence electrons. The van der Waals surface area contributed by atoms with Crippen LogP contribution in [-0.4, -0.2) is 12.4 Å². The summed E-state index contributed by atoms with van der Waals surface area (Å²) >= 11 is 0. The molecule has 0 fully saturated rings. The molecule has 0 saturated heterocycles. The second-order valence-electron chi connectivity index (χ2n) is 8.67. The molecule has 1 aromatic rings. The summed E-state index contributed by atoms with van der Waals surface area (Å²) in [6.45, 7) is 2.29. The molecule has 1 atom stereocenters. The summed E-state index contributed by atoms with van der Waals surface area (Å²) in [7, 11) is 0. The topological polar surface area (TPSA) is 24.7 Å². The fraction of sp³-hybridized carbons (Fsp3) is 0.667. The first-order valence-electron chi connectivity index (χ1n) is 12.4. The van der Waals surface area contributed by atoms with Gasteiger partial charge in [0.25, 0.3) is 0 Å². The molecule has 1 aromatic carbocycles. The molecular formula is C27H43N2+. The number of rotatable bonds is 18. The molecule has 1 aliphatic heterocycles. The lowest BCUT2D eigenvalue weighted by Crippen LogP contribution is -2.09. The Labute approximate surface area is 180 Å². The van der Waals surface area contributed by atoms with Crippen LogP contribution in [0.25, 0.3) is 0 Å². The van der Waals surface area contributed by atoms with Gasteiger partial charge in [-0.1, -0.05) is 131 Å². The van der Waals surface area contributed by atoms with E-state index < -0.39 is 0 Å². The maximum absolute atomic E-state index is 4.50. The van der Waals surface area contributed by atoms with E-state index in [0.29, 0.717) is 5.92 Å². The zero-order chi connectivity index (χ0) is 20.4. The molecule has 1 unspecified atom stereocenters. The van der Waals surface area contributed by atoms with Crippen molar-refractivity contribution in [1.29, 1.82) is 0 Å². The highest BCUT2D eigenvalue weighted by Crippen LogP contribution is 2.29. The van der Waals surface area contributed by atoms with Crippen molar-refractivity contribution in [2.24, 2.45) is 15.9 Å². The molecule has 1 aliphatic rings. The molecule has 0 N–H and O–H groups in total. The quantitative estimate of drug-likeness (QED) is 0.176. The van der Waals surface area contributed by atoms with Crippen LogP contribution in [0.15, 0.2) is 40.3 Å². The van der Waals surface area contributed by atoms with E-state index in [1.807, 2.05) is 12.4 Å². The first-order chi connectivity index (χ1) is 14.4. The smallest absolute Gasteiger partial charge is 0.0965 e. The zero-order valence-electron chi connectivity index (χ0n) is 18.8. The summed E-state index contributed by atoms with van der Waals surface area (Å²) in [5.41, 5.74) is 1.43. The summed E-state index contributed by atoms with van der Waals surface area (Å²) in [5.74, 6) is 0.512. The minimum Gasteiger partial charge on any atom is -0.0965 e. The average Bonchev–Trinajstić information content (AvgIpc) is 3.29. The van der Waals surface area contributed by atoms with Gasteiger partial charge in [0.1, 0.15) is 0 Å². The van der Waals surface area contributed by atoms with Crippen LogP contribution in [0.3, 0.4) is 0 Å². The summed E-state index contributed by atoms with van der Waals surface area (Å²) in [4.78, 5) is 9.00. The van der Waals surface area contributed by atoms with Gasteiger partial charge in [-0.25, -0.2) is 0 Å². The molecule has 2 rings (SSSR count). The van der Waals surface area contributed by atoms with Crippen molar-refractivity contribution in [3.05, 3.63) is 42.1 Å². The summed E-state index contributed by atoms with van der Waals surface area (Å²) in [6.07, 6.45) is 26.6. The Morgan fingerprint density at radius 1 is 0.655 bits per heavy atom. The van der Waals surface area contributed by atoms with Gasteiger partial charge in [0.2, 0.25) is 6.17 Å². The number of aryl methyl sites for hydroxylation is 1. The Morgan fingerprint density at radius 2 is 1.17 bits per heavy atom. The summed E-state index contributed by atoms with van der Waals surface area (Å²) in [6, 6.07) is 10.8. The lowest BCUT2D eigenvalue weighted by atomic mass is 9.91. The summed E-state index contributed by atoms with van der Waals surface area (Å²) in [5, 5.41) is 0. The maximum atomic E-state index is 4.50. The third-order valence-corrected chi connectivity index (χ3v) is 6.13. The second-order valence-corrected chi connectivity index (χ2v) is 8.67. The Bertz CT molecular complexity index is 537. The number of nitrogens with zero attached hydrogens (tertiary/aromatic N) is 2. The minimum atomic E-state index is 0.512. The van der Waals surface area contributed by atoms with Gasteiger partial charge in [-0.2, -0.15) is 0 Å². The SMILES string of the molecule is CCCCCCCCCCCCCCCC(CCc1ccccc1)[C+]1N=CC=N1. The predicted molar refractivity (Wildman–Crippen MR) is 129 cm³/mol. The molecule has 0 spiro atoms. The third-order valence-electron chi connectivity index (χ3n) is 6.13. The van der Waals surface area contributed by atoms with Crippen molar-refractivity contribution in [1.82, 2.24) is 0 Å². The predicted octanol–water partition coefficient (Wildman–Crippen LogP) is 8.36. The van der Waals surface area contributed by atoms with Crippen LogP contribution in [0, 0.1) is 12.1 Å². The molecular weight excluding hydrogens is 352 g/mol. The van der Waals surface area contributed by atoms with E-state index in [1.165, 1.54) is 95.5 Å². The molecule has 0 aromatic heterocycles. The van der Waals surface area contributed by atoms with E-state index in [-0.39, 0.29) is 0 Å². The number of hydrogen-bond donors (Lipinski definition) is 0. The highest BCUT2D eigenvalue weighted by atomic mass is 15.0. The van der Waals surface area contributed by atoms with Crippen LogP contribution in [-0.2, 0) is 6.42 Å². The van der Waals surface area contributed by atoms with Gasteiger partial charge in [0.05, 0.1) is 5.92 Å². The lowest BCUT2D eigenvalue weighted by molar-refractivity contribution is 0.430. The Balaban J connectivity index is 1.49. The first-order valence-corrected chi connectivity index (χ1v) is 12.4. The van der Waals surface area contributed by atoms with E-state index in [9.17, 15) is 0 Å². The number of benzene rings is 1. The number of unbranched alkanes of at least 4 members (excludes halogenated alkanes) is 12. The van der Waals surface area contributed by atoms with Crippen LogP contribution >= 0.6 is 0 Å². The van der Waals surface area contributed by atoms with Crippen molar-refractivity contribution in [2.45, 2.75) is 110 Å². The Kier molecular flexibility index (Phi) is 13.3. The van der Waals surface area contributed by atoms with Gasteiger partial charge in [-0.15, -0.1) is 0 Å². The minimum absolute atomic E-state index is 0.512. The Hall–Kier alpha value is -1.57. The molecule has 1 heterocycles. The van der Waals surface area contributed by atoms with Crippen LogP contribution in [0.4, 0.5) is 0 Å². The molecule has 2 heteroatoms. The molecule has 0 amide bonds. The van der Waals surface area contributed by atoms with Gasteiger partial charge < -0.3 is 0 Å². The normalized spacial score (nSPS) is 14.0. The fourth-order valence-corrected chi connectivity index (χ4v) is 4.26. The van der Waals surface area contributed by atoms with Gasteiger partial charge in [0, 0.05) is 0 Å². The molecule has 29 heavy (non-hydrogen) atoms. The van der Waals surface area contributed by atoms with E-state index in [1.54, 1.807) is 0 Å². The van der Waals surface area contributed by atoms with E-state index in [2.05, 4.69) is 47.2 Å². The van der Waals surface area contributed by atoms with Crippen molar-refractivity contribution >= 4 is 12.4 Å². The number of hydrogen-bond acceptors (Lipinski definition) is 2. The summed E-state index contributed by atoms with van der Waals surface area (Å²) < 4.78 is 0. The molecule has 0 saturated carbocycles. The molecule has 0 radical (unpaired) electrons. The van der Waals surface area contributed by atoms with E-state index in [4.69, 9.17) is 0 Å². The average molecular weight is 396 g/mol. The Morgan fingerprint density at radius 3 is 1.72 bits per heavy atom. The van der Waals surface area contributed by atoms with E-state index in [0.717, 1.165) is 19.0 Å². The standard InChI is InChI=1S/C27H43N2/c1-2-3-4-5-6-7-8-9-10-11-12-13-17-20-26(27-28-23-24-29-27)22-21-25-18-15-14-16-19-25/h14-16,18-19,23-24,26H,2-13,17,20-22H2,1H3/q+1. The van der Waals surface area contributed by atoms with Crippen molar-refractivity contribution in [2.75, 3.05) is 0 Å². The van der Waals surface area contributed by atoms with Crippen molar-refractivity contribution in [3.63, 3.8) is 0 Å². The van der Waals surface area contributed by atoms with Crippen molar-refractivity contribution < 1.29 is 0 Å². The van der Waals surface area contributed by atoms with Crippen LogP contribution in [0.2, 0.25) is 0 Å². The third kappa shape index (κ3) is 11.3. The van der Waals surface area contributed by atoms with E-state index >= 15 is 0 Å². The van der Waals surface area contributed by atoms with Gasteiger partial charge in [-0.3, -0.25) is 0 Å². The highest BCUT2D eigenvalue weighted by molar-refractivity contribution is 6.18. The maximum Gasteiger partial charge on any atom is 0.243 e. The lowest BCUT2D eigenvalue weighted by Gasteiger charge is -2.14. The zero-order valence-corrected chi connectivity index (χ0v) is 18.8. The molecule has 2 nitrogen and oxygen atoms in total. The van der Waals surface area contributed by atoms with Gasteiger partial charge >= 0.3 is 0 Å². The largest absolute Gasteiger partial charge is 0.243 e. The monoisotopic (exact) mass is 395 g/mol. The van der Waals surface area contributed by atoms with Crippen LogP contribution < -0.4 is 0 Å². The number of aliphatic imine (C=N–C) groups is 2. The van der Waals surface area contributed by atoms with Crippen molar-refractivity contribution in [3.8, 4) is 0 Å². The first kappa shape index (κ1) is 23.7. The second kappa shape index (κ2) is 16.3. The van der Waals surface area contributed by atoms with Crippen LogP contribution in [0.5, 0.6) is 0 Å². The molecule has 0 bridgehead atoms. The van der Waals surface area contributed by atoms with Gasteiger partial charge in [-0.05, 0) is 24.8 Å². The van der Waals surface area contributed by atoms with Gasteiger partial charge in [0.15, 0.2) is 12.4 Å². The van der Waals surface area contributed by atoms with Crippen LogP contribution in [0.1, 0.15) is 109 Å².